The molecule has 1 aromatic rings. The van der Waals surface area contributed by atoms with Gasteiger partial charge in [0.1, 0.15) is 0 Å². The molecule has 0 spiro atoms. The predicted octanol–water partition coefficient (Wildman–Crippen LogP) is 1.37. The van der Waals surface area contributed by atoms with E-state index in [4.69, 9.17) is 9.47 Å². The average Bonchev–Trinajstić information content (AvgIpc) is 2.81. The monoisotopic (exact) mass is 430 g/mol. The molecule has 8 nitrogen and oxygen atoms in total. The molecule has 1 N–H and O–H groups in total. The molecule has 8 heteroatoms. The van der Waals surface area contributed by atoms with Crippen molar-refractivity contribution >= 4 is 11.9 Å². The number of benzene rings is 1. The van der Waals surface area contributed by atoms with Crippen molar-refractivity contribution in [3.05, 3.63) is 48.0 Å². The maximum absolute atomic E-state index is 13.3. The molecule has 2 aliphatic rings. The van der Waals surface area contributed by atoms with Crippen molar-refractivity contribution in [2.24, 2.45) is 0 Å². The van der Waals surface area contributed by atoms with Crippen LogP contribution in [0.4, 0.5) is 4.79 Å². The lowest BCUT2D eigenvalue weighted by atomic mass is 10.1. The molecule has 0 aromatic heterocycles. The third-order valence-corrected chi connectivity index (χ3v) is 5.62. The average molecular weight is 431 g/mol. The number of amides is 3. The van der Waals surface area contributed by atoms with Crippen LogP contribution < -0.4 is 5.32 Å². The van der Waals surface area contributed by atoms with Gasteiger partial charge in [0.25, 0.3) is 5.91 Å². The molecule has 2 heterocycles. The highest BCUT2D eigenvalue weighted by molar-refractivity contribution is 5.94. The van der Waals surface area contributed by atoms with Crippen LogP contribution in [-0.4, -0.2) is 105 Å². The number of rotatable bonds is 8. The highest BCUT2D eigenvalue weighted by atomic mass is 16.5. The molecule has 2 saturated heterocycles. The van der Waals surface area contributed by atoms with Crippen LogP contribution in [0.2, 0.25) is 0 Å². The number of carbonyl (C=O) groups excluding carboxylic acids is 2. The lowest BCUT2D eigenvalue weighted by Gasteiger charge is -2.36. The third kappa shape index (κ3) is 7.05. The summed E-state index contributed by atoms with van der Waals surface area (Å²) in [5, 5.41) is 2.81. The zero-order valence-electron chi connectivity index (χ0n) is 18.4. The van der Waals surface area contributed by atoms with Crippen LogP contribution in [0, 0.1) is 6.92 Å². The van der Waals surface area contributed by atoms with Crippen LogP contribution in [0.25, 0.3) is 0 Å². The Morgan fingerprint density at radius 2 is 1.94 bits per heavy atom. The van der Waals surface area contributed by atoms with E-state index in [-0.39, 0.29) is 18.0 Å². The SMILES string of the molecule is C=CCNC(=O)N1CCO[C@@H](CN(CCN2CCOCC2)C(=O)c2ccc(C)cc2)C1. The Labute approximate surface area is 184 Å². The maximum atomic E-state index is 13.3. The number of hydrogen-bond donors (Lipinski definition) is 1. The topological polar surface area (TPSA) is 74.4 Å². The number of morpholine rings is 2. The van der Waals surface area contributed by atoms with Crippen LogP contribution in [-0.2, 0) is 9.47 Å². The van der Waals surface area contributed by atoms with Crippen LogP contribution in [0.15, 0.2) is 36.9 Å². The van der Waals surface area contributed by atoms with Gasteiger partial charge >= 0.3 is 6.03 Å². The number of nitrogens with one attached hydrogen (secondary N) is 1. The summed E-state index contributed by atoms with van der Waals surface area (Å²) < 4.78 is 11.3. The van der Waals surface area contributed by atoms with Gasteiger partial charge < -0.3 is 24.6 Å². The van der Waals surface area contributed by atoms with E-state index in [1.807, 2.05) is 36.1 Å². The molecule has 0 aliphatic carbocycles. The highest BCUT2D eigenvalue weighted by Gasteiger charge is 2.28. The highest BCUT2D eigenvalue weighted by Crippen LogP contribution is 2.12. The van der Waals surface area contributed by atoms with Crippen molar-refractivity contribution in [2.75, 3.05) is 72.2 Å². The number of nitrogens with zero attached hydrogens (tertiary/aromatic N) is 3. The Balaban J connectivity index is 1.64. The molecule has 3 amide bonds. The molecule has 3 rings (SSSR count). The van der Waals surface area contributed by atoms with Gasteiger partial charge in [-0.2, -0.15) is 0 Å². The second-order valence-corrected chi connectivity index (χ2v) is 7.98. The fourth-order valence-corrected chi connectivity index (χ4v) is 3.77. The quantitative estimate of drug-likeness (QED) is 0.631. The fourth-order valence-electron chi connectivity index (χ4n) is 3.77. The summed E-state index contributed by atoms with van der Waals surface area (Å²) in [6, 6.07) is 7.52. The predicted molar refractivity (Wildman–Crippen MR) is 119 cm³/mol. The van der Waals surface area contributed by atoms with E-state index in [9.17, 15) is 9.59 Å². The molecular weight excluding hydrogens is 396 g/mol. The number of aryl methyl sites for hydroxylation is 1. The molecule has 0 unspecified atom stereocenters. The van der Waals surface area contributed by atoms with Gasteiger partial charge in [-0.3, -0.25) is 9.69 Å². The minimum absolute atomic E-state index is 0.00917. The normalized spacial score (nSPS) is 19.6. The summed E-state index contributed by atoms with van der Waals surface area (Å²) >= 11 is 0. The second-order valence-electron chi connectivity index (χ2n) is 7.98. The summed E-state index contributed by atoms with van der Waals surface area (Å²) in [6.07, 6.45) is 1.44. The number of carbonyl (C=O) groups is 2. The van der Waals surface area contributed by atoms with Crippen LogP contribution in [0.3, 0.4) is 0 Å². The van der Waals surface area contributed by atoms with Crippen LogP contribution in [0.1, 0.15) is 15.9 Å². The first-order valence-corrected chi connectivity index (χ1v) is 11.0. The van der Waals surface area contributed by atoms with E-state index in [1.165, 1.54) is 0 Å². The van der Waals surface area contributed by atoms with Gasteiger partial charge in [0.05, 0.1) is 32.5 Å². The lowest BCUT2D eigenvalue weighted by molar-refractivity contribution is -0.0295. The Morgan fingerprint density at radius 3 is 2.65 bits per heavy atom. The van der Waals surface area contributed by atoms with E-state index >= 15 is 0 Å². The van der Waals surface area contributed by atoms with Crippen LogP contribution >= 0.6 is 0 Å². The van der Waals surface area contributed by atoms with E-state index < -0.39 is 0 Å². The molecular formula is C23H34N4O4. The van der Waals surface area contributed by atoms with E-state index in [0.717, 1.165) is 38.4 Å². The summed E-state index contributed by atoms with van der Waals surface area (Å²) in [6.45, 7) is 12.6. The van der Waals surface area contributed by atoms with Crippen molar-refractivity contribution in [1.29, 1.82) is 0 Å². The Morgan fingerprint density at radius 1 is 1.19 bits per heavy atom. The smallest absolute Gasteiger partial charge is 0.317 e. The van der Waals surface area contributed by atoms with Crippen LogP contribution in [0.5, 0.6) is 0 Å². The second kappa shape index (κ2) is 11.8. The van der Waals surface area contributed by atoms with Gasteiger partial charge in [0, 0.05) is 51.4 Å². The molecule has 0 bridgehead atoms. The molecule has 31 heavy (non-hydrogen) atoms. The standard InChI is InChI=1S/C23H34N4O4/c1-3-8-24-23(29)27-13-16-31-21(18-27)17-26(10-9-25-11-14-30-15-12-25)22(28)20-6-4-19(2)5-7-20/h3-7,21H,1,8-18H2,2H3,(H,24,29)/t21-/m0/s1. The zero-order chi connectivity index (χ0) is 22.1. The van der Waals surface area contributed by atoms with Crippen molar-refractivity contribution < 1.29 is 19.1 Å². The molecule has 1 atom stereocenters. The molecule has 2 aliphatic heterocycles. The van der Waals surface area contributed by atoms with Crippen molar-refractivity contribution in [3.8, 4) is 0 Å². The first-order valence-electron chi connectivity index (χ1n) is 11.0. The molecule has 170 valence electrons. The molecule has 2 fully saturated rings. The van der Waals surface area contributed by atoms with Gasteiger partial charge in [-0.25, -0.2) is 4.79 Å². The Bertz CT molecular complexity index is 734. The third-order valence-electron chi connectivity index (χ3n) is 5.62. The molecule has 1 aromatic carbocycles. The molecule has 0 radical (unpaired) electrons. The Kier molecular flexibility index (Phi) is 8.87. The van der Waals surface area contributed by atoms with Gasteiger partial charge in [-0.15, -0.1) is 6.58 Å². The van der Waals surface area contributed by atoms with Gasteiger partial charge in [-0.1, -0.05) is 23.8 Å². The maximum Gasteiger partial charge on any atom is 0.317 e. The minimum Gasteiger partial charge on any atom is -0.379 e. The van der Waals surface area contributed by atoms with E-state index in [0.29, 0.717) is 44.9 Å². The number of hydrogen-bond acceptors (Lipinski definition) is 5. The van der Waals surface area contributed by atoms with E-state index in [1.54, 1.807) is 11.0 Å². The van der Waals surface area contributed by atoms with Gasteiger partial charge in [0.15, 0.2) is 0 Å². The van der Waals surface area contributed by atoms with Gasteiger partial charge in [-0.05, 0) is 19.1 Å². The summed E-state index contributed by atoms with van der Waals surface area (Å²) in [5.74, 6) is -0.00917. The summed E-state index contributed by atoms with van der Waals surface area (Å²) in [5.41, 5.74) is 1.79. The summed E-state index contributed by atoms with van der Waals surface area (Å²) in [7, 11) is 0. The van der Waals surface area contributed by atoms with E-state index in [2.05, 4.69) is 16.8 Å². The van der Waals surface area contributed by atoms with Crippen molar-refractivity contribution in [1.82, 2.24) is 20.0 Å². The first-order chi connectivity index (χ1) is 15.1. The first kappa shape index (κ1) is 23.2. The largest absolute Gasteiger partial charge is 0.379 e. The Hall–Kier alpha value is -2.42. The zero-order valence-corrected chi connectivity index (χ0v) is 18.4. The van der Waals surface area contributed by atoms with Crippen molar-refractivity contribution in [2.45, 2.75) is 13.0 Å². The fraction of sp³-hybridized carbons (Fsp3) is 0.565. The lowest BCUT2D eigenvalue weighted by Crippen LogP contribution is -2.53. The van der Waals surface area contributed by atoms with Crippen molar-refractivity contribution in [3.63, 3.8) is 0 Å². The molecule has 0 saturated carbocycles. The summed E-state index contributed by atoms with van der Waals surface area (Å²) in [4.78, 5) is 31.5. The number of urea groups is 1. The van der Waals surface area contributed by atoms with Gasteiger partial charge in [0.2, 0.25) is 0 Å². The minimum atomic E-state index is -0.220. The number of ether oxygens (including phenoxy) is 2.